The highest BCUT2D eigenvalue weighted by Crippen LogP contribution is 2.31. The van der Waals surface area contributed by atoms with Crippen LogP contribution in [0.3, 0.4) is 0 Å². The quantitative estimate of drug-likeness (QED) is 0.812. The molecule has 1 N–H and O–H groups in total. The first kappa shape index (κ1) is 12.7. The fourth-order valence-electron chi connectivity index (χ4n) is 1.73. The molecule has 0 saturated carbocycles. The molecule has 15 heavy (non-hydrogen) atoms. The molecule has 0 aromatic carbocycles. The minimum atomic E-state index is 0.431. The molecule has 0 spiro atoms. The highest BCUT2D eigenvalue weighted by molar-refractivity contribution is 7.10. The van der Waals surface area contributed by atoms with Crippen LogP contribution in [-0.2, 0) is 0 Å². The Labute approximate surface area is 97.9 Å². The van der Waals surface area contributed by atoms with E-state index in [-0.39, 0.29) is 0 Å². The van der Waals surface area contributed by atoms with E-state index in [2.05, 4.69) is 51.5 Å². The summed E-state index contributed by atoms with van der Waals surface area (Å²) in [7, 11) is 2.06. The summed E-state index contributed by atoms with van der Waals surface area (Å²) in [4.78, 5) is 1.50. The van der Waals surface area contributed by atoms with Crippen LogP contribution >= 0.6 is 11.3 Å². The van der Waals surface area contributed by atoms with Crippen LogP contribution in [0.25, 0.3) is 0 Å². The van der Waals surface area contributed by atoms with E-state index in [0.29, 0.717) is 11.5 Å². The highest BCUT2D eigenvalue weighted by Gasteiger charge is 2.17. The van der Waals surface area contributed by atoms with Crippen molar-refractivity contribution in [3.63, 3.8) is 0 Å². The third-order valence-electron chi connectivity index (χ3n) is 2.75. The Morgan fingerprint density at radius 1 is 1.40 bits per heavy atom. The lowest BCUT2D eigenvalue weighted by Crippen LogP contribution is -2.18. The van der Waals surface area contributed by atoms with Gasteiger partial charge in [0.15, 0.2) is 0 Å². The van der Waals surface area contributed by atoms with Crippen molar-refractivity contribution in [2.45, 2.75) is 46.6 Å². The summed E-state index contributed by atoms with van der Waals surface area (Å²) in [6, 6.07) is 2.74. The van der Waals surface area contributed by atoms with Crippen molar-refractivity contribution in [3.05, 3.63) is 21.9 Å². The summed E-state index contributed by atoms with van der Waals surface area (Å²) in [6.45, 7) is 9.12. The molecule has 1 aromatic heterocycles. The molecular formula is C13H23NS. The lowest BCUT2D eigenvalue weighted by atomic mass is 9.88. The predicted octanol–water partition coefficient (Wildman–Crippen LogP) is 4.14. The molecule has 0 fully saturated rings. The molecule has 1 nitrogen and oxygen atoms in total. The van der Waals surface area contributed by atoms with Crippen LogP contribution in [-0.4, -0.2) is 7.05 Å². The van der Waals surface area contributed by atoms with Gasteiger partial charge in [-0.15, -0.1) is 11.3 Å². The minimum Gasteiger partial charge on any atom is -0.312 e. The van der Waals surface area contributed by atoms with Gasteiger partial charge in [-0.1, -0.05) is 20.8 Å². The average molecular weight is 225 g/mol. The zero-order valence-electron chi connectivity index (χ0n) is 10.6. The molecule has 0 aliphatic carbocycles. The van der Waals surface area contributed by atoms with Crippen LogP contribution in [0.15, 0.2) is 11.4 Å². The molecule has 0 bridgehead atoms. The van der Waals surface area contributed by atoms with Crippen molar-refractivity contribution >= 4 is 11.3 Å². The van der Waals surface area contributed by atoms with Crippen molar-refractivity contribution in [1.29, 1.82) is 0 Å². The first-order chi connectivity index (χ1) is 6.94. The van der Waals surface area contributed by atoms with Gasteiger partial charge in [-0.3, -0.25) is 0 Å². The average Bonchev–Trinajstić information content (AvgIpc) is 2.52. The first-order valence-electron chi connectivity index (χ1n) is 5.65. The monoisotopic (exact) mass is 225 g/mol. The van der Waals surface area contributed by atoms with Crippen molar-refractivity contribution < 1.29 is 0 Å². The molecule has 0 aliphatic heterocycles. The van der Waals surface area contributed by atoms with Crippen LogP contribution in [0.2, 0.25) is 0 Å². The van der Waals surface area contributed by atoms with Crippen molar-refractivity contribution in [2.75, 3.05) is 7.05 Å². The molecular weight excluding hydrogens is 202 g/mol. The fraction of sp³-hybridized carbons (Fsp3) is 0.692. The number of thiophene rings is 1. The number of aryl methyl sites for hydroxylation is 1. The Hall–Kier alpha value is -0.340. The van der Waals surface area contributed by atoms with Crippen molar-refractivity contribution in [2.24, 2.45) is 5.41 Å². The lowest BCUT2D eigenvalue weighted by molar-refractivity contribution is 0.339. The van der Waals surface area contributed by atoms with Gasteiger partial charge in [0.25, 0.3) is 0 Å². The summed E-state index contributed by atoms with van der Waals surface area (Å²) in [5.74, 6) is 0. The predicted molar refractivity (Wildman–Crippen MR) is 69.5 cm³/mol. The molecule has 86 valence electrons. The SMILES string of the molecule is CNC(CCC(C)(C)C)c1sccc1C. The van der Waals surface area contributed by atoms with Gasteiger partial charge in [-0.2, -0.15) is 0 Å². The van der Waals surface area contributed by atoms with E-state index in [1.54, 1.807) is 0 Å². The van der Waals surface area contributed by atoms with Gasteiger partial charge < -0.3 is 5.32 Å². The Morgan fingerprint density at radius 2 is 2.07 bits per heavy atom. The molecule has 0 radical (unpaired) electrons. The summed E-state index contributed by atoms with van der Waals surface area (Å²) in [6.07, 6.45) is 2.48. The topological polar surface area (TPSA) is 12.0 Å². The number of nitrogens with one attached hydrogen (secondary N) is 1. The maximum Gasteiger partial charge on any atom is 0.0415 e. The van der Waals surface area contributed by atoms with E-state index >= 15 is 0 Å². The zero-order valence-corrected chi connectivity index (χ0v) is 11.4. The van der Waals surface area contributed by atoms with Crippen LogP contribution in [0.4, 0.5) is 0 Å². The molecule has 1 rings (SSSR count). The third kappa shape index (κ3) is 3.96. The summed E-state index contributed by atoms with van der Waals surface area (Å²) in [5, 5.41) is 5.61. The molecule has 1 atom stereocenters. The van der Waals surface area contributed by atoms with Gasteiger partial charge in [-0.25, -0.2) is 0 Å². The van der Waals surface area contributed by atoms with Crippen molar-refractivity contribution in [3.8, 4) is 0 Å². The van der Waals surface area contributed by atoms with Gasteiger partial charge in [-0.05, 0) is 49.2 Å². The van der Waals surface area contributed by atoms with Gasteiger partial charge in [0.05, 0.1) is 0 Å². The van der Waals surface area contributed by atoms with E-state index in [4.69, 9.17) is 0 Å². The van der Waals surface area contributed by atoms with E-state index in [1.165, 1.54) is 23.3 Å². The van der Waals surface area contributed by atoms with Gasteiger partial charge >= 0.3 is 0 Å². The summed E-state index contributed by atoms with van der Waals surface area (Å²) < 4.78 is 0. The molecule has 2 heteroatoms. The number of rotatable bonds is 4. The molecule has 0 amide bonds. The Balaban J connectivity index is 2.61. The zero-order chi connectivity index (χ0) is 11.5. The van der Waals surface area contributed by atoms with E-state index in [9.17, 15) is 0 Å². The van der Waals surface area contributed by atoms with Gasteiger partial charge in [0, 0.05) is 10.9 Å². The van der Waals surface area contributed by atoms with E-state index in [1.807, 2.05) is 11.3 Å². The summed E-state index contributed by atoms with van der Waals surface area (Å²) in [5.41, 5.74) is 1.86. The fourth-order valence-corrected chi connectivity index (χ4v) is 2.80. The van der Waals surface area contributed by atoms with Gasteiger partial charge in [0.1, 0.15) is 0 Å². The number of hydrogen-bond acceptors (Lipinski definition) is 2. The Morgan fingerprint density at radius 3 is 2.47 bits per heavy atom. The molecule has 1 heterocycles. The first-order valence-corrected chi connectivity index (χ1v) is 6.53. The third-order valence-corrected chi connectivity index (χ3v) is 3.88. The van der Waals surface area contributed by atoms with Crippen LogP contribution in [0.5, 0.6) is 0 Å². The normalized spacial score (nSPS) is 14.2. The van der Waals surface area contributed by atoms with Crippen LogP contribution < -0.4 is 5.32 Å². The molecule has 0 saturated heterocycles. The Kier molecular flexibility index (Phi) is 4.35. The standard InChI is InChI=1S/C13H23NS/c1-10-7-9-15-12(10)11(14-5)6-8-13(2,3)4/h7,9,11,14H,6,8H2,1-5H3. The maximum absolute atomic E-state index is 3.43. The minimum absolute atomic E-state index is 0.431. The van der Waals surface area contributed by atoms with Gasteiger partial charge in [0.2, 0.25) is 0 Å². The second kappa shape index (κ2) is 5.13. The lowest BCUT2D eigenvalue weighted by Gasteiger charge is -2.22. The Bertz CT molecular complexity index is 296. The van der Waals surface area contributed by atoms with E-state index < -0.39 is 0 Å². The summed E-state index contributed by atoms with van der Waals surface area (Å²) >= 11 is 1.87. The largest absolute Gasteiger partial charge is 0.312 e. The molecule has 0 aliphatic rings. The smallest absolute Gasteiger partial charge is 0.0415 e. The second-order valence-corrected chi connectivity index (χ2v) is 6.36. The number of hydrogen-bond donors (Lipinski definition) is 1. The molecule has 1 aromatic rings. The second-order valence-electron chi connectivity index (χ2n) is 5.41. The van der Waals surface area contributed by atoms with E-state index in [0.717, 1.165) is 0 Å². The van der Waals surface area contributed by atoms with Crippen LogP contribution in [0, 0.1) is 12.3 Å². The molecule has 1 unspecified atom stereocenters. The van der Waals surface area contributed by atoms with Crippen LogP contribution in [0.1, 0.15) is 50.1 Å². The van der Waals surface area contributed by atoms with Crippen molar-refractivity contribution in [1.82, 2.24) is 5.32 Å². The maximum atomic E-state index is 3.43. The highest BCUT2D eigenvalue weighted by atomic mass is 32.1.